The molecule has 0 aliphatic heterocycles. The molecule has 2 N–H and O–H groups in total. The fourth-order valence-electron chi connectivity index (χ4n) is 2.41. The normalized spacial score (nSPS) is 11.6. The van der Waals surface area contributed by atoms with Crippen molar-refractivity contribution < 1.29 is 18.0 Å². The molecular formula is C17H14F2N2O3. The second-order valence-corrected chi connectivity index (χ2v) is 5.45. The zero-order chi connectivity index (χ0) is 17.3. The minimum absolute atomic E-state index is 0.0193. The molecule has 0 fully saturated rings. The number of para-hydroxylation sites is 1. The van der Waals surface area contributed by atoms with Gasteiger partial charge in [0.25, 0.3) is 11.8 Å². The minimum Gasteiger partial charge on any atom is -0.407 e. The molecule has 1 amide bonds. The highest BCUT2D eigenvalue weighted by atomic mass is 19.3. The van der Waals surface area contributed by atoms with Gasteiger partial charge in [-0.25, -0.2) is 4.79 Å². The summed E-state index contributed by atoms with van der Waals surface area (Å²) in [4.78, 5) is 25.8. The summed E-state index contributed by atoms with van der Waals surface area (Å²) >= 11 is 0. The number of carbonyl (C=O) groups is 1. The van der Waals surface area contributed by atoms with Crippen molar-refractivity contribution in [1.82, 2.24) is 10.3 Å². The number of halogens is 2. The van der Waals surface area contributed by atoms with E-state index in [-0.39, 0.29) is 16.7 Å². The average Bonchev–Trinajstić information content (AvgIpc) is 2.92. The number of aromatic nitrogens is 1. The van der Waals surface area contributed by atoms with Crippen molar-refractivity contribution in [1.29, 1.82) is 0 Å². The topological polar surface area (TPSA) is 75.1 Å². The number of hydrogen-bond donors (Lipinski definition) is 2. The number of aryl methyl sites for hydroxylation is 1. The number of oxazole rings is 1. The van der Waals surface area contributed by atoms with Gasteiger partial charge >= 0.3 is 5.76 Å². The van der Waals surface area contributed by atoms with Gasteiger partial charge in [-0.05, 0) is 19.1 Å². The first-order chi connectivity index (χ1) is 11.4. The predicted molar refractivity (Wildman–Crippen MR) is 84.2 cm³/mol. The van der Waals surface area contributed by atoms with E-state index in [2.05, 4.69) is 10.3 Å². The molecule has 0 saturated heterocycles. The Kier molecular flexibility index (Phi) is 3.92. The Morgan fingerprint density at radius 2 is 2.00 bits per heavy atom. The van der Waals surface area contributed by atoms with Crippen LogP contribution in [-0.4, -0.2) is 17.4 Å². The molecule has 0 atom stereocenters. The summed E-state index contributed by atoms with van der Waals surface area (Å²) < 4.78 is 33.4. The molecule has 0 saturated carbocycles. The Morgan fingerprint density at radius 1 is 1.25 bits per heavy atom. The molecule has 7 heteroatoms. The molecule has 0 spiro atoms. The number of fused-ring (bicyclic) bond motifs is 1. The molecule has 1 heterocycles. The molecule has 24 heavy (non-hydrogen) atoms. The van der Waals surface area contributed by atoms with Crippen LogP contribution in [0.4, 0.5) is 8.78 Å². The maximum atomic E-state index is 14.2. The second-order valence-electron chi connectivity index (χ2n) is 5.45. The smallest absolute Gasteiger partial charge is 0.407 e. The van der Waals surface area contributed by atoms with E-state index in [1.165, 1.54) is 30.3 Å². The van der Waals surface area contributed by atoms with Gasteiger partial charge in [0.2, 0.25) is 0 Å². The van der Waals surface area contributed by atoms with Gasteiger partial charge in [-0.15, -0.1) is 0 Å². The number of aromatic amines is 1. The fraction of sp³-hybridized carbons (Fsp3) is 0.176. The first-order valence-corrected chi connectivity index (χ1v) is 7.22. The van der Waals surface area contributed by atoms with E-state index in [0.717, 1.165) is 0 Å². The van der Waals surface area contributed by atoms with Crippen molar-refractivity contribution >= 4 is 17.0 Å². The van der Waals surface area contributed by atoms with Crippen LogP contribution in [-0.2, 0) is 5.92 Å². The van der Waals surface area contributed by atoms with Crippen LogP contribution in [0.2, 0.25) is 0 Å². The molecular weight excluding hydrogens is 318 g/mol. The van der Waals surface area contributed by atoms with Crippen LogP contribution >= 0.6 is 0 Å². The molecule has 0 aliphatic rings. The molecule has 1 aromatic heterocycles. The number of amides is 1. The van der Waals surface area contributed by atoms with E-state index in [1.54, 1.807) is 19.1 Å². The molecule has 0 bridgehead atoms. The Morgan fingerprint density at radius 3 is 2.75 bits per heavy atom. The van der Waals surface area contributed by atoms with Crippen LogP contribution in [0.25, 0.3) is 11.1 Å². The summed E-state index contributed by atoms with van der Waals surface area (Å²) in [7, 11) is 0. The van der Waals surface area contributed by atoms with Gasteiger partial charge in [-0.2, -0.15) is 8.78 Å². The van der Waals surface area contributed by atoms with E-state index in [9.17, 15) is 18.4 Å². The lowest BCUT2D eigenvalue weighted by atomic mass is 10.1. The number of H-pyrrole nitrogens is 1. The van der Waals surface area contributed by atoms with Crippen molar-refractivity contribution in [3.05, 3.63) is 69.7 Å². The van der Waals surface area contributed by atoms with Gasteiger partial charge < -0.3 is 9.73 Å². The number of hydrogen-bond acceptors (Lipinski definition) is 3. The minimum atomic E-state index is -3.21. The van der Waals surface area contributed by atoms with Gasteiger partial charge in [0.15, 0.2) is 5.58 Å². The Balaban J connectivity index is 1.80. The van der Waals surface area contributed by atoms with Crippen molar-refractivity contribution in [2.75, 3.05) is 6.54 Å². The quantitative estimate of drug-likeness (QED) is 0.771. The third-order valence-electron chi connectivity index (χ3n) is 3.60. The lowest BCUT2D eigenvalue weighted by molar-refractivity contribution is -0.00252. The molecule has 0 unspecified atom stereocenters. The summed E-state index contributed by atoms with van der Waals surface area (Å²) in [5.41, 5.74) is 0.925. The summed E-state index contributed by atoms with van der Waals surface area (Å²) in [6.07, 6.45) is 0. The zero-order valence-corrected chi connectivity index (χ0v) is 12.7. The lowest BCUT2D eigenvalue weighted by Gasteiger charge is -2.18. The third kappa shape index (κ3) is 3.05. The Hall–Kier alpha value is -2.96. The van der Waals surface area contributed by atoms with Gasteiger partial charge in [0.05, 0.1) is 17.6 Å². The molecule has 0 aliphatic carbocycles. The largest absolute Gasteiger partial charge is 0.417 e. The average molecular weight is 332 g/mol. The molecule has 3 rings (SSSR count). The highest BCUT2D eigenvalue weighted by Crippen LogP contribution is 2.28. The Bertz CT molecular complexity index is 960. The summed E-state index contributed by atoms with van der Waals surface area (Å²) in [5.74, 6) is -4.67. The fourth-order valence-corrected chi connectivity index (χ4v) is 2.41. The van der Waals surface area contributed by atoms with Crippen LogP contribution < -0.4 is 11.1 Å². The maximum absolute atomic E-state index is 14.2. The predicted octanol–water partition coefficient (Wildman–Crippen LogP) is 2.95. The zero-order valence-electron chi connectivity index (χ0n) is 12.7. The lowest BCUT2D eigenvalue weighted by Crippen LogP contribution is -2.35. The van der Waals surface area contributed by atoms with E-state index in [4.69, 9.17) is 4.42 Å². The van der Waals surface area contributed by atoms with Gasteiger partial charge in [-0.3, -0.25) is 9.78 Å². The van der Waals surface area contributed by atoms with Crippen molar-refractivity contribution in [2.45, 2.75) is 12.8 Å². The first kappa shape index (κ1) is 15.9. The number of rotatable bonds is 4. The molecule has 3 aromatic rings. The van der Waals surface area contributed by atoms with Gasteiger partial charge in [-0.1, -0.05) is 35.9 Å². The van der Waals surface area contributed by atoms with Crippen LogP contribution in [0.15, 0.2) is 51.7 Å². The summed E-state index contributed by atoms with van der Waals surface area (Å²) in [6.45, 7) is 0.854. The van der Waals surface area contributed by atoms with Crippen molar-refractivity contribution in [2.24, 2.45) is 0 Å². The number of nitrogens with one attached hydrogen (secondary N) is 2. The number of carbonyl (C=O) groups excluding carboxylic acids is 1. The Labute approximate surface area is 135 Å². The van der Waals surface area contributed by atoms with Crippen LogP contribution in [0.1, 0.15) is 21.5 Å². The van der Waals surface area contributed by atoms with Crippen molar-refractivity contribution in [3.8, 4) is 0 Å². The van der Waals surface area contributed by atoms with Crippen molar-refractivity contribution in [3.63, 3.8) is 0 Å². The monoisotopic (exact) mass is 332 g/mol. The molecule has 124 valence electrons. The van der Waals surface area contributed by atoms with Crippen LogP contribution in [0.5, 0.6) is 0 Å². The number of benzene rings is 2. The summed E-state index contributed by atoms with van der Waals surface area (Å²) in [6, 6.07) is 10.4. The number of alkyl halides is 2. The van der Waals surface area contributed by atoms with Gasteiger partial charge in [0, 0.05) is 5.56 Å². The first-order valence-electron chi connectivity index (χ1n) is 7.22. The SMILES string of the molecule is Cc1cccc(C(F)(F)CNC(=O)c2cccc3[nH]c(=O)oc23)c1. The highest BCUT2D eigenvalue weighted by Gasteiger charge is 2.32. The molecule has 5 nitrogen and oxygen atoms in total. The van der Waals surface area contributed by atoms with E-state index in [1.807, 2.05) is 0 Å². The molecule has 2 aromatic carbocycles. The molecule has 0 radical (unpaired) electrons. The van der Waals surface area contributed by atoms with E-state index >= 15 is 0 Å². The third-order valence-corrected chi connectivity index (χ3v) is 3.60. The highest BCUT2D eigenvalue weighted by molar-refractivity contribution is 6.03. The van der Waals surface area contributed by atoms with Gasteiger partial charge in [0.1, 0.15) is 0 Å². The van der Waals surface area contributed by atoms with E-state index in [0.29, 0.717) is 11.1 Å². The summed E-state index contributed by atoms with van der Waals surface area (Å²) in [5, 5.41) is 2.19. The second kappa shape index (κ2) is 5.92. The van der Waals surface area contributed by atoms with Crippen LogP contribution in [0, 0.1) is 6.92 Å². The standard InChI is InChI=1S/C17H14F2N2O3/c1-10-4-2-5-11(8-10)17(18,19)9-20-15(22)12-6-3-7-13-14(12)24-16(23)21-13/h2-8H,9H2,1H3,(H,20,22)(H,21,23). The van der Waals surface area contributed by atoms with Crippen LogP contribution in [0.3, 0.4) is 0 Å². The maximum Gasteiger partial charge on any atom is 0.417 e. The van der Waals surface area contributed by atoms with E-state index < -0.39 is 24.1 Å².